The van der Waals surface area contributed by atoms with Crippen LogP contribution in [0.3, 0.4) is 0 Å². The number of hydrogen-bond donors (Lipinski definition) is 1. The normalized spacial score (nSPS) is 12.3. The Bertz CT molecular complexity index is 1280. The van der Waals surface area contributed by atoms with Crippen LogP contribution < -0.4 is 14.8 Å². The highest BCUT2D eigenvalue weighted by Crippen LogP contribution is 2.33. The SMILES string of the molecule is Cc1cc(C(=O)CSc2nnc(NCc3ccco3)s2)c(C)n1Cc1ccc2c(c1)OCO2. The van der Waals surface area contributed by atoms with E-state index in [0.717, 1.165) is 44.1 Å². The number of rotatable bonds is 9. The molecule has 1 aliphatic heterocycles. The number of carbonyl (C=O) groups excluding carboxylic acids is 1. The van der Waals surface area contributed by atoms with Crippen molar-refractivity contribution in [3.05, 3.63) is 70.9 Å². The van der Waals surface area contributed by atoms with Crippen LogP contribution in [0.4, 0.5) is 5.13 Å². The summed E-state index contributed by atoms with van der Waals surface area (Å²) in [4.78, 5) is 13.0. The van der Waals surface area contributed by atoms with Crippen LogP contribution in [0.2, 0.25) is 0 Å². The number of ether oxygens (including phenoxy) is 2. The largest absolute Gasteiger partial charge is 0.467 e. The van der Waals surface area contributed by atoms with E-state index in [1.165, 1.54) is 23.1 Å². The number of hydrogen-bond acceptors (Lipinski definition) is 9. The van der Waals surface area contributed by atoms with Gasteiger partial charge in [0, 0.05) is 23.5 Å². The molecule has 8 nitrogen and oxygen atoms in total. The second-order valence-electron chi connectivity index (χ2n) is 7.58. The number of anilines is 1. The van der Waals surface area contributed by atoms with Crippen LogP contribution in [0.5, 0.6) is 11.5 Å². The Balaban J connectivity index is 1.20. The number of furan rings is 1. The highest BCUT2D eigenvalue weighted by atomic mass is 32.2. The predicted octanol–water partition coefficient (Wildman–Crippen LogP) is 4.91. The number of fused-ring (bicyclic) bond motifs is 1. The zero-order valence-corrected chi connectivity index (χ0v) is 19.8. The lowest BCUT2D eigenvalue weighted by molar-refractivity contribution is 0.102. The fourth-order valence-corrected chi connectivity index (χ4v) is 5.30. The van der Waals surface area contributed by atoms with Gasteiger partial charge in [-0.1, -0.05) is 29.2 Å². The van der Waals surface area contributed by atoms with Crippen molar-refractivity contribution in [2.75, 3.05) is 17.9 Å². The fraction of sp³-hybridized carbons (Fsp3) is 0.261. The van der Waals surface area contributed by atoms with E-state index >= 15 is 0 Å². The Kier molecular flexibility index (Phi) is 6.10. The average Bonchev–Trinajstić information content (AvgIpc) is 3.61. The maximum atomic E-state index is 13.0. The minimum Gasteiger partial charge on any atom is -0.467 e. The van der Waals surface area contributed by atoms with Gasteiger partial charge in [0.2, 0.25) is 11.9 Å². The molecule has 0 radical (unpaired) electrons. The molecule has 0 spiro atoms. The molecule has 0 saturated heterocycles. The van der Waals surface area contributed by atoms with Crippen molar-refractivity contribution >= 4 is 34.0 Å². The number of Topliss-reactive ketones (excluding diaryl/α,β-unsaturated/α-hetero) is 1. The first-order valence-corrected chi connectivity index (χ1v) is 12.2. The summed E-state index contributed by atoms with van der Waals surface area (Å²) in [7, 11) is 0. The van der Waals surface area contributed by atoms with Crippen molar-refractivity contribution < 1.29 is 18.7 Å². The van der Waals surface area contributed by atoms with E-state index in [2.05, 4.69) is 20.1 Å². The number of benzene rings is 1. The Morgan fingerprint density at radius 3 is 2.91 bits per heavy atom. The van der Waals surface area contributed by atoms with Crippen LogP contribution in [0.15, 0.2) is 51.4 Å². The number of thioether (sulfide) groups is 1. The molecule has 1 aromatic carbocycles. The van der Waals surface area contributed by atoms with Crippen LogP contribution in [0, 0.1) is 13.8 Å². The first kappa shape index (κ1) is 21.6. The summed E-state index contributed by atoms with van der Waals surface area (Å²) >= 11 is 2.83. The second-order valence-corrected chi connectivity index (χ2v) is 9.78. The Labute approximate surface area is 198 Å². The number of nitrogens with zero attached hydrogens (tertiary/aromatic N) is 3. The standard InChI is InChI=1S/C23H22N4O4S2/c1-14-8-18(15(2)27(14)11-16-5-6-20-21(9-16)31-13-30-20)19(28)12-32-23-26-25-22(33-23)24-10-17-4-3-7-29-17/h3-9H,10-13H2,1-2H3,(H,24,25). The first-order chi connectivity index (χ1) is 16.1. The van der Waals surface area contributed by atoms with Gasteiger partial charge in [0.15, 0.2) is 21.6 Å². The Morgan fingerprint density at radius 1 is 1.18 bits per heavy atom. The molecule has 0 unspecified atom stereocenters. The number of aromatic nitrogens is 3. The summed E-state index contributed by atoms with van der Waals surface area (Å²) in [5.74, 6) is 2.73. The van der Waals surface area contributed by atoms with Gasteiger partial charge in [0.05, 0.1) is 18.6 Å². The van der Waals surface area contributed by atoms with Gasteiger partial charge in [-0.15, -0.1) is 10.2 Å². The average molecular weight is 483 g/mol. The van der Waals surface area contributed by atoms with E-state index in [1.54, 1.807) is 6.26 Å². The van der Waals surface area contributed by atoms with E-state index in [9.17, 15) is 4.79 Å². The van der Waals surface area contributed by atoms with Crippen LogP contribution in [0.25, 0.3) is 0 Å². The van der Waals surface area contributed by atoms with E-state index in [4.69, 9.17) is 13.9 Å². The molecule has 0 bridgehead atoms. The highest BCUT2D eigenvalue weighted by molar-refractivity contribution is 8.01. The van der Waals surface area contributed by atoms with Gasteiger partial charge < -0.3 is 23.8 Å². The molecule has 0 fully saturated rings. The van der Waals surface area contributed by atoms with Crippen LogP contribution in [-0.4, -0.2) is 33.1 Å². The van der Waals surface area contributed by atoms with Crippen molar-refractivity contribution in [1.29, 1.82) is 0 Å². The smallest absolute Gasteiger partial charge is 0.231 e. The first-order valence-electron chi connectivity index (χ1n) is 10.4. The van der Waals surface area contributed by atoms with Crippen LogP contribution >= 0.6 is 23.1 Å². The summed E-state index contributed by atoms with van der Waals surface area (Å²) in [6, 6.07) is 11.6. The molecule has 33 heavy (non-hydrogen) atoms. The lowest BCUT2D eigenvalue weighted by Gasteiger charge is -2.10. The van der Waals surface area contributed by atoms with Gasteiger partial charge in [-0.05, 0) is 49.7 Å². The summed E-state index contributed by atoms with van der Waals surface area (Å²) in [5, 5.41) is 12.2. The summed E-state index contributed by atoms with van der Waals surface area (Å²) < 4.78 is 19.1. The molecular formula is C23H22N4O4S2. The van der Waals surface area contributed by atoms with Gasteiger partial charge in [-0.3, -0.25) is 4.79 Å². The molecule has 4 heterocycles. The van der Waals surface area contributed by atoms with Crippen molar-refractivity contribution in [3.8, 4) is 11.5 Å². The third-order valence-corrected chi connectivity index (χ3v) is 7.39. The van der Waals surface area contributed by atoms with E-state index in [1.807, 2.05) is 50.2 Å². The van der Waals surface area contributed by atoms with Crippen LogP contribution in [0.1, 0.15) is 33.1 Å². The minimum atomic E-state index is 0.0744. The molecule has 0 amide bonds. The molecule has 1 aliphatic rings. The molecule has 0 saturated carbocycles. The molecule has 3 aromatic heterocycles. The number of aryl methyl sites for hydroxylation is 1. The molecule has 10 heteroatoms. The van der Waals surface area contributed by atoms with Crippen molar-refractivity contribution in [1.82, 2.24) is 14.8 Å². The number of carbonyl (C=O) groups is 1. The van der Waals surface area contributed by atoms with Gasteiger partial charge in [0.1, 0.15) is 5.76 Å². The molecule has 170 valence electrons. The predicted molar refractivity (Wildman–Crippen MR) is 127 cm³/mol. The second kappa shape index (κ2) is 9.32. The van der Waals surface area contributed by atoms with Crippen LogP contribution in [-0.2, 0) is 13.1 Å². The Hall–Kier alpha value is -3.24. The quantitative estimate of drug-likeness (QED) is 0.266. The fourth-order valence-electron chi connectivity index (χ4n) is 3.67. The number of nitrogens with one attached hydrogen (secondary N) is 1. The molecule has 0 atom stereocenters. The van der Waals surface area contributed by atoms with E-state index in [-0.39, 0.29) is 12.6 Å². The third-order valence-electron chi connectivity index (χ3n) is 5.38. The maximum Gasteiger partial charge on any atom is 0.231 e. The van der Waals surface area contributed by atoms with Crippen molar-refractivity contribution in [2.24, 2.45) is 0 Å². The maximum absolute atomic E-state index is 13.0. The molecule has 0 aliphatic carbocycles. The molecular weight excluding hydrogens is 460 g/mol. The van der Waals surface area contributed by atoms with E-state index in [0.29, 0.717) is 24.0 Å². The van der Waals surface area contributed by atoms with Gasteiger partial charge >= 0.3 is 0 Å². The van der Waals surface area contributed by atoms with E-state index < -0.39 is 0 Å². The van der Waals surface area contributed by atoms with Gasteiger partial charge in [0.25, 0.3) is 0 Å². The monoisotopic (exact) mass is 482 g/mol. The summed E-state index contributed by atoms with van der Waals surface area (Å²) in [5.41, 5.74) is 3.83. The summed E-state index contributed by atoms with van der Waals surface area (Å²) in [6.07, 6.45) is 1.64. The summed E-state index contributed by atoms with van der Waals surface area (Å²) in [6.45, 7) is 5.47. The highest BCUT2D eigenvalue weighted by Gasteiger charge is 2.19. The lowest BCUT2D eigenvalue weighted by Crippen LogP contribution is -2.07. The molecule has 5 rings (SSSR count). The zero-order chi connectivity index (χ0) is 22.8. The Morgan fingerprint density at radius 2 is 2.06 bits per heavy atom. The van der Waals surface area contributed by atoms with Crippen molar-refractivity contribution in [2.45, 2.75) is 31.3 Å². The molecule has 4 aromatic rings. The van der Waals surface area contributed by atoms with Crippen molar-refractivity contribution in [3.63, 3.8) is 0 Å². The van der Waals surface area contributed by atoms with Gasteiger partial charge in [-0.25, -0.2) is 0 Å². The lowest BCUT2D eigenvalue weighted by atomic mass is 10.1. The minimum absolute atomic E-state index is 0.0744. The third kappa shape index (κ3) is 4.76. The number of ketones is 1. The van der Waals surface area contributed by atoms with Gasteiger partial charge in [-0.2, -0.15) is 0 Å². The zero-order valence-electron chi connectivity index (χ0n) is 18.2. The molecule has 1 N–H and O–H groups in total. The topological polar surface area (TPSA) is 91.4 Å².